The lowest BCUT2D eigenvalue weighted by Gasteiger charge is -2.26. The SMILES string of the molecule is Cc1ccccc1C(=O)CCCC(=O)NC(C)C(Cc1ccc(Cl)cc1)c1ccc(Cl)cc1. The number of hydrogen-bond donors (Lipinski definition) is 1. The Balaban J connectivity index is 1.60. The minimum atomic E-state index is -0.0959. The summed E-state index contributed by atoms with van der Waals surface area (Å²) >= 11 is 12.1. The predicted molar refractivity (Wildman–Crippen MR) is 136 cm³/mol. The van der Waals surface area contributed by atoms with Crippen LogP contribution in [-0.4, -0.2) is 17.7 Å². The average molecular weight is 482 g/mol. The van der Waals surface area contributed by atoms with Crippen LogP contribution in [0.15, 0.2) is 72.8 Å². The summed E-state index contributed by atoms with van der Waals surface area (Å²) in [6, 6.07) is 23.0. The van der Waals surface area contributed by atoms with E-state index in [0.29, 0.717) is 29.3 Å². The van der Waals surface area contributed by atoms with Gasteiger partial charge in [-0.05, 0) is 67.6 Å². The Morgan fingerprint density at radius 1 is 0.848 bits per heavy atom. The van der Waals surface area contributed by atoms with Crippen molar-refractivity contribution in [3.8, 4) is 0 Å². The number of rotatable bonds is 10. The second kappa shape index (κ2) is 12.0. The van der Waals surface area contributed by atoms with Crippen molar-refractivity contribution in [2.45, 2.75) is 51.5 Å². The summed E-state index contributed by atoms with van der Waals surface area (Å²) < 4.78 is 0. The number of carbonyl (C=O) groups excluding carboxylic acids is 2. The van der Waals surface area contributed by atoms with Crippen LogP contribution in [0.25, 0.3) is 0 Å². The molecular formula is C28H29Cl2NO2. The topological polar surface area (TPSA) is 46.2 Å². The summed E-state index contributed by atoms with van der Waals surface area (Å²) in [7, 11) is 0. The van der Waals surface area contributed by atoms with Crippen LogP contribution in [0.5, 0.6) is 0 Å². The zero-order valence-corrected chi connectivity index (χ0v) is 20.5. The highest BCUT2D eigenvalue weighted by Gasteiger charge is 2.22. The Morgan fingerprint density at radius 3 is 2.09 bits per heavy atom. The number of nitrogens with one attached hydrogen (secondary N) is 1. The maximum Gasteiger partial charge on any atom is 0.220 e. The first-order valence-corrected chi connectivity index (χ1v) is 12.0. The number of aryl methyl sites for hydroxylation is 1. The smallest absolute Gasteiger partial charge is 0.220 e. The van der Waals surface area contributed by atoms with Gasteiger partial charge in [0.15, 0.2) is 5.78 Å². The van der Waals surface area contributed by atoms with Gasteiger partial charge in [-0.1, -0.05) is 71.7 Å². The van der Waals surface area contributed by atoms with Crippen molar-refractivity contribution in [3.63, 3.8) is 0 Å². The third kappa shape index (κ3) is 7.45. The normalized spacial score (nSPS) is 12.7. The fourth-order valence-electron chi connectivity index (χ4n) is 4.02. The van der Waals surface area contributed by atoms with E-state index in [2.05, 4.69) is 5.32 Å². The van der Waals surface area contributed by atoms with Gasteiger partial charge in [-0.3, -0.25) is 9.59 Å². The molecule has 172 valence electrons. The van der Waals surface area contributed by atoms with Crippen molar-refractivity contribution in [2.24, 2.45) is 0 Å². The van der Waals surface area contributed by atoms with E-state index < -0.39 is 0 Å². The molecule has 5 heteroatoms. The fourth-order valence-corrected chi connectivity index (χ4v) is 4.28. The van der Waals surface area contributed by atoms with Crippen LogP contribution in [0.2, 0.25) is 10.0 Å². The molecule has 0 saturated carbocycles. The largest absolute Gasteiger partial charge is 0.353 e. The predicted octanol–water partition coefficient (Wildman–Crippen LogP) is 7.19. The minimum absolute atomic E-state index is 0.0462. The second-order valence-corrected chi connectivity index (χ2v) is 9.31. The van der Waals surface area contributed by atoms with Crippen LogP contribution in [0.4, 0.5) is 0 Å². The van der Waals surface area contributed by atoms with Crippen LogP contribution in [0.1, 0.15) is 59.2 Å². The first-order chi connectivity index (χ1) is 15.8. The molecule has 0 aliphatic heterocycles. The van der Waals surface area contributed by atoms with E-state index in [0.717, 1.165) is 28.7 Å². The lowest BCUT2D eigenvalue weighted by molar-refractivity contribution is -0.121. The Kier molecular flexibility index (Phi) is 9.11. The molecule has 0 bridgehead atoms. The van der Waals surface area contributed by atoms with E-state index in [4.69, 9.17) is 23.2 Å². The Labute approximate surface area is 206 Å². The summed E-state index contributed by atoms with van der Waals surface area (Å²) in [6.07, 6.45) is 1.95. The number of Topliss-reactive ketones (excluding diaryl/α,β-unsaturated/α-hetero) is 1. The highest BCUT2D eigenvalue weighted by atomic mass is 35.5. The van der Waals surface area contributed by atoms with Crippen LogP contribution in [0, 0.1) is 6.92 Å². The first-order valence-electron chi connectivity index (χ1n) is 11.2. The lowest BCUT2D eigenvalue weighted by atomic mass is 9.86. The molecule has 0 spiro atoms. The molecule has 1 amide bonds. The third-order valence-electron chi connectivity index (χ3n) is 5.91. The monoisotopic (exact) mass is 481 g/mol. The lowest BCUT2D eigenvalue weighted by Crippen LogP contribution is -2.37. The van der Waals surface area contributed by atoms with Crippen molar-refractivity contribution in [3.05, 3.63) is 105 Å². The molecule has 2 unspecified atom stereocenters. The number of halogens is 2. The van der Waals surface area contributed by atoms with Gasteiger partial charge >= 0.3 is 0 Å². The van der Waals surface area contributed by atoms with Gasteiger partial charge in [0.2, 0.25) is 5.91 Å². The molecule has 0 aliphatic carbocycles. The second-order valence-electron chi connectivity index (χ2n) is 8.44. The van der Waals surface area contributed by atoms with Crippen molar-refractivity contribution in [1.29, 1.82) is 0 Å². The van der Waals surface area contributed by atoms with Crippen molar-refractivity contribution in [2.75, 3.05) is 0 Å². The van der Waals surface area contributed by atoms with E-state index >= 15 is 0 Å². The zero-order chi connectivity index (χ0) is 23.8. The molecule has 33 heavy (non-hydrogen) atoms. The minimum Gasteiger partial charge on any atom is -0.353 e. The number of carbonyl (C=O) groups is 2. The Hall–Kier alpha value is -2.62. The van der Waals surface area contributed by atoms with Gasteiger partial charge in [-0.25, -0.2) is 0 Å². The Morgan fingerprint density at radius 2 is 1.45 bits per heavy atom. The van der Waals surface area contributed by atoms with Gasteiger partial charge in [-0.2, -0.15) is 0 Å². The molecule has 3 aromatic rings. The number of benzene rings is 3. The highest BCUT2D eigenvalue weighted by Crippen LogP contribution is 2.27. The van der Waals surface area contributed by atoms with Crippen LogP contribution in [0.3, 0.4) is 0 Å². The van der Waals surface area contributed by atoms with Gasteiger partial charge in [0, 0.05) is 40.4 Å². The molecule has 3 nitrogen and oxygen atoms in total. The zero-order valence-electron chi connectivity index (χ0n) is 19.0. The molecule has 0 saturated heterocycles. The molecule has 3 rings (SSSR count). The van der Waals surface area contributed by atoms with Gasteiger partial charge in [0.1, 0.15) is 0 Å². The number of ketones is 1. The summed E-state index contributed by atoms with van der Waals surface area (Å²) in [4.78, 5) is 25.1. The molecule has 0 aromatic heterocycles. The molecule has 0 aliphatic rings. The summed E-state index contributed by atoms with van der Waals surface area (Å²) in [6.45, 7) is 3.95. The molecule has 2 atom stereocenters. The maximum absolute atomic E-state index is 12.7. The fraction of sp³-hybridized carbons (Fsp3) is 0.286. The quantitative estimate of drug-likeness (QED) is 0.311. The van der Waals surface area contributed by atoms with Crippen LogP contribution < -0.4 is 5.32 Å². The highest BCUT2D eigenvalue weighted by molar-refractivity contribution is 6.30. The van der Waals surface area contributed by atoms with Crippen molar-refractivity contribution >= 4 is 34.9 Å². The third-order valence-corrected chi connectivity index (χ3v) is 6.42. The maximum atomic E-state index is 12.7. The summed E-state index contributed by atoms with van der Waals surface area (Å²) in [5.41, 5.74) is 3.95. The molecule has 0 heterocycles. The van der Waals surface area contributed by atoms with Gasteiger partial charge in [0.25, 0.3) is 0 Å². The van der Waals surface area contributed by atoms with Gasteiger partial charge in [0.05, 0.1) is 0 Å². The standard InChI is InChI=1S/C28H29Cl2NO2/c1-19-6-3-4-7-25(19)27(32)8-5-9-28(33)31-20(2)26(22-12-16-24(30)17-13-22)18-21-10-14-23(29)15-11-21/h3-4,6-7,10-17,20,26H,5,8-9,18H2,1-2H3,(H,31,33). The van der Waals surface area contributed by atoms with E-state index in [1.807, 2.05) is 86.6 Å². The van der Waals surface area contributed by atoms with Crippen LogP contribution in [-0.2, 0) is 11.2 Å². The summed E-state index contributed by atoms with van der Waals surface area (Å²) in [5, 5.41) is 4.52. The average Bonchev–Trinajstić information content (AvgIpc) is 2.79. The summed E-state index contributed by atoms with van der Waals surface area (Å²) in [5.74, 6) is 0.104. The molecule has 0 radical (unpaired) electrons. The van der Waals surface area contributed by atoms with Crippen molar-refractivity contribution < 1.29 is 9.59 Å². The van der Waals surface area contributed by atoms with E-state index in [1.54, 1.807) is 0 Å². The van der Waals surface area contributed by atoms with E-state index in [1.165, 1.54) is 0 Å². The van der Waals surface area contributed by atoms with Gasteiger partial charge in [-0.15, -0.1) is 0 Å². The number of hydrogen-bond acceptors (Lipinski definition) is 2. The van der Waals surface area contributed by atoms with Gasteiger partial charge < -0.3 is 5.32 Å². The molecular weight excluding hydrogens is 453 g/mol. The molecule has 1 N–H and O–H groups in total. The van der Waals surface area contributed by atoms with Crippen molar-refractivity contribution in [1.82, 2.24) is 5.32 Å². The van der Waals surface area contributed by atoms with E-state index in [-0.39, 0.29) is 23.7 Å². The molecule has 3 aromatic carbocycles. The first kappa shape index (κ1) is 25.0. The number of amides is 1. The van der Waals surface area contributed by atoms with E-state index in [9.17, 15) is 9.59 Å². The molecule has 0 fully saturated rings. The van der Waals surface area contributed by atoms with Crippen LogP contribution >= 0.6 is 23.2 Å². The Bertz CT molecular complexity index is 1080.